The Hall–Kier alpha value is -1.51. The van der Waals surface area contributed by atoms with Crippen LogP contribution in [0.2, 0.25) is 5.02 Å². The van der Waals surface area contributed by atoms with Gasteiger partial charge in [-0.25, -0.2) is 17.5 Å². The molecule has 1 aliphatic carbocycles. The minimum Gasteiger partial charge on any atom is -0.247 e. The van der Waals surface area contributed by atoms with Gasteiger partial charge in [-0.15, -0.1) is 5.10 Å². The largest absolute Gasteiger partial charge is 0.247 e. The van der Waals surface area contributed by atoms with Gasteiger partial charge in [0.2, 0.25) is 10.0 Å². The van der Waals surface area contributed by atoms with E-state index in [-0.39, 0.29) is 16.0 Å². The summed E-state index contributed by atoms with van der Waals surface area (Å²) in [5, 5.41) is 8.02. The number of nitrogens with zero attached hydrogens (tertiary/aromatic N) is 4. The van der Waals surface area contributed by atoms with E-state index in [0.29, 0.717) is 19.0 Å². The molecular formula is C14H14ClFN4O2S. The van der Waals surface area contributed by atoms with Crippen LogP contribution in [0.4, 0.5) is 4.39 Å². The molecule has 23 heavy (non-hydrogen) atoms. The second-order valence-electron chi connectivity index (χ2n) is 5.95. The van der Waals surface area contributed by atoms with Crippen molar-refractivity contribution in [2.24, 2.45) is 0 Å². The minimum absolute atomic E-state index is 0.000361. The average molecular weight is 357 g/mol. The van der Waals surface area contributed by atoms with Crippen molar-refractivity contribution in [3.05, 3.63) is 40.9 Å². The van der Waals surface area contributed by atoms with Gasteiger partial charge in [0.15, 0.2) is 0 Å². The van der Waals surface area contributed by atoms with Crippen LogP contribution >= 0.6 is 11.6 Å². The lowest BCUT2D eigenvalue weighted by molar-refractivity contribution is 0.189. The van der Waals surface area contributed by atoms with E-state index in [1.165, 1.54) is 10.4 Å². The number of hydrogen-bond donors (Lipinski definition) is 0. The van der Waals surface area contributed by atoms with Crippen LogP contribution in [0.1, 0.15) is 30.5 Å². The summed E-state index contributed by atoms with van der Waals surface area (Å²) in [7, 11) is -3.66. The maximum Gasteiger partial charge on any atom is 0.243 e. The first-order valence-corrected chi connectivity index (χ1v) is 9.14. The van der Waals surface area contributed by atoms with Crippen LogP contribution in [0.15, 0.2) is 29.3 Å². The third kappa shape index (κ3) is 2.64. The molecule has 4 rings (SSSR count). The Kier molecular flexibility index (Phi) is 3.44. The molecule has 6 nitrogen and oxygen atoms in total. The van der Waals surface area contributed by atoms with Crippen LogP contribution in [0, 0.1) is 5.82 Å². The Bertz CT molecular complexity index is 859. The van der Waals surface area contributed by atoms with E-state index < -0.39 is 15.8 Å². The van der Waals surface area contributed by atoms with Crippen molar-refractivity contribution < 1.29 is 12.8 Å². The number of benzene rings is 1. The summed E-state index contributed by atoms with van der Waals surface area (Å²) in [5.74, 6) is -0.118. The fourth-order valence-corrected chi connectivity index (χ4v) is 4.39. The van der Waals surface area contributed by atoms with Gasteiger partial charge in [0.1, 0.15) is 5.82 Å². The van der Waals surface area contributed by atoms with Crippen molar-refractivity contribution in [3.63, 3.8) is 0 Å². The molecule has 2 heterocycles. The maximum atomic E-state index is 13.2. The summed E-state index contributed by atoms with van der Waals surface area (Å²) in [6, 6.07) is 3.41. The van der Waals surface area contributed by atoms with Crippen molar-refractivity contribution in [3.8, 4) is 0 Å². The van der Waals surface area contributed by atoms with Gasteiger partial charge in [-0.05, 0) is 31.0 Å². The standard InChI is InChI=1S/C14H14ClFN4O2S/c15-12-5-11(3-4-13(12)16)23(21,22)19-6-10(7-19)20-8-14(17-18-20)9-1-2-9/h3-5,8-10H,1-2,6-7H2. The summed E-state index contributed by atoms with van der Waals surface area (Å²) in [6.45, 7) is 0.648. The summed E-state index contributed by atoms with van der Waals surface area (Å²) < 4.78 is 41.2. The van der Waals surface area contributed by atoms with E-state index in [0.717, 1.165) is 30.7 Å². The molecule has 0 N–H and O–H groups in total. The quantitative estimate of drug-likeness (QED) is 0.842. The molecule has 1 saturated carbocycles. The number of rotatable bonds is 4. The highest BCUT2D eigenvalue weighted by Crippen LogP contribution is 2.39. The molecule has 0 unspecified atom stereocenters. The average Bonchev–Trinajstić information content (AvgIpc) is 3.20. The number of hydrogen-bond acceptors (Lipinski definition) is 4. The van der Waals surface area contributed by atoms with Gasteiger partial charge in [0.05, 0.1) is 21.7 Å². The smallest absolute Gasteiger partial charge is 0.243 e. The van der Waals surface area contributed by atoms with E-state index in [1.54, 1.807) is 4.68 Å². The number of aromatic nitrogens is 3. The molecule has 0 bridgehead atoms. The van der Waals surface area contributed by atoms with Gasteiger partial charge < -0.3 is 0 Å². The Labute approximate surface area is 137 Å². The SMILES string of the molecule is O=S(=O)(c1ccc(F)c(Cl)c1)N1CC(n2cc(C3CC3)nn2)C1. The fraction of sp³-hybridized carbons (Fsp3) is 0.429. The van der Waals surface area contributed by atoms with Crippen LogP contribution in [-0.2, 0) is 10.0 Å². The van der Waals surface area contributed by atoms with Crippen molar-refractivity contribution in [1.82, 2.24) is 19.3 Å². The Morgan fingerprint density at radius 1 is 1.26 bits per heavy atom. The molecule has 0 amide bonds. The van der Waals surface area contributed by atoms with Gasteiger partial charge in [-0.1, -0.05) is 16.8 Å². The molecule has 1 saturated heterocycles. The molecule has 0 spiro atoms. The fourth-order valence-electron chi connectivity index (χ4n) is 2.60. The van der Waals surface area contributed by atoms with Crippen molar-refractivity contribution in [1.29, 1.82) is 0 Å². The summed E-state index contributed by atoms with van der Waals surface area (Å²) >= 11 is 5.67. The Morgan fingerprint density at radius 2 is 2.00 bits per heavy atom. The normalized spacial score (nSPS) is 19.7. The van der Waals surface area contributed by atoms with Crippen molar-refractivity contribution >= 4 is 21.6 Å². The Balaban J connectivity index is 1.48. The van der Waals surface area contributed by atoms with Crippen LogP contribution in [0.5, 0.6) is 0 Å². The van der Waals surface area contributed by atoms with E-state index in [4.69, 9.17) is 11.6 Å². The van der Waals surface area contributed by atoms with Crippen molar-refractivity contribution in [2.75, 3.05) is 13.1 Å². The zero-order valence-electron chi connectivity index (χ0n) is 12.1. The topological polar surface area (TPSA) is 68.1 Å². The summed E-state index contributed by atoms with van der Waals surface area (Å²) in [6.07, 6.45) is 4.20. The van der Waals surface area contributed by atoms with Gasteiger partial charge in [0.25, 0.3) is 0 Å². The molecule has 9 heteroatoms. The van der Waals surface area contributed by atoms with Crippen LogP contribution < -0.4 is 0 Å². The van der Waals surface area contributed by atoms with Gasteiger partial charge in [-0.3, -0.25) is 0 Å². The monoisotopic (exact) mass is 356 g/mol. The van der Waals surface area contributed by atoms with Crippen LogP contribution in [0.25, 0.3) is 0 Å². The maximum absolute atomic E-state index is 13.2. The molecule has 2 fully saturated rings. The highest BCUT2D eigenvalue weighted by atomic mass is 35.5. The van der Waals surface area contributed by atoms with E-state index >= 15 is 0 Å². The molecule has 1 aromatic heterocycles. The third-order valence-corrected chi connectivity index (χ3v) is 6.37. The Morgan fingerprint density at radius 3 is 2.65 bits per heavy atom. The van der Waals surface area contributed by atoms with E-state index in [2.05, 4.69) is 10.3 Å². The summed E-state index contributed by atoms with van der Waals surface area (Å²) in [4.78, 5) is -0.000361. The highest BCUT2D eigenvalue weighted by Gasteiger charge is 2.39. The zero-order valence-corrected chi connectivity index (χ0v) is 13.6. The van der Waals surface area contributed by atoms with E-state index in [1.807, 2.05) is 6.20 Å². The molecule has 2 aliphatic rings. The lowest BCUT2D eigenvalue weighted by atomic mass is 10.2. The lowest BCUT2D eigenvalue weighted by Gasteiger charge is -2.37. The third-order valence-electron chi connectivity index (χ3n) is 4.26. The zero-order chi connectivity index (χ0) is 16.2. The first-order chi connectivity index (χ1) is 10.9. The molecule has 0 atom stereocenters. The van der Waals surface area contributed by atoms with Gasteiger partial charge in [-0.2, -0.15) is 4.31 Å². The highest BCUT2D eigenvalue weighted by molar-refractivity contribution is 7.89. The molecule has 2 aromatic rings. The second-order valence-corrected chi connectivity index (χ2v) is 8.29. The molecule has 0 radical (unpaired) electrons. The molecule has 1 aliphatic heterocycles. The number of sulfonamides is 1. The molecule has 122 valence electrons. The summed E-state index contributed by atoms with van der Waals surface area (Å²) in [5.41, 5.74) is 0.983. The van der Waals surface area contributed by atoms with Crippen molar-refractivity contribution in [2.45, 2.75) is 29.7 Å². The van der Waals surface area contributed by atoms with Gasteiger partial charge in [0, 0.05) is 25.2 Å². The van der Waals surface area contributed by atoms with Gasteiger partial charge >= 0.3 is 0 Å². The minimum atomic E-state index is -3.66. The molecule has 1 aromatic carbocycles. The first kappa shape index (κ1) is 15.0. The first-order valence-electron chi connectivity index (χ1n) is 7.32. The van der Waals surface area contributed by atoms with Crippen LogP contribution in [-0.4, -0.2) is 40.8 Å². The predicted octanol–water partition coefficient (Wildman–Crippen LogP) is 2.19. The lowest BCUT2D eigenvalue weighted by Crippen LogP contribution is -2.50. The van der Waals surface area contributed by atoms with Crippen LogP contribution in [0.3, 0.4) is 0 Å². The molecular weight excluding hydrogens is 343 g/mol. The number of halogens is 2. The van der Waals surface area contributed by atoms with E-state index in [9.17, 15) is 12.8 Å². The second kappa shape index (κ2) is 5.25. The predicted molar refractivity (Wildman–Crippen MR) is 81.2 cm³/mol.